The normalized spacial score (nSPS) is 14.0. The zero-order valence-corrected chi connectivity index (χ0v) is 16.0. The number of nitrogens with two attached hydrogens (primary N) is 1. The third-order valence-electron chi connectivity index (χ3n) is 4.14. The van der Waals surface area contributed by atoms with Gasteiger partial charge in [-0.05, 0) is 30.2 Å². The fourth-order valence-corrected chi connectivity index (χ4v) is 2.73. The van der Waals surface area contributed by atoms with Crippen LogP contribution in [0, 0.1) is 5.41 Å². The average molecular weight is 371 g/mol. The summed E-state index contributed by atoms with van der Waals surface area (Å²) in [7, 11) is 3.30. The Hall–Kier alpha value is -1.99. The van der Waals surface area contributed by atoms with Gasteiger partial charge in [-0.2, -0.15) is 0 Å². The summed E-state index contributed by atoms with van der Waals surface area (Å²) in [6, 6.07) is 4.95. The highest BCUT2D eigenvalue weighted by Gasteiger charge is 2.27. The molecule has 1 fully saturated rings. The van der Waals surface area contributed by atoms with Gasteiger partial charge in [0.15, 0.2) is 0 Å². The van der Waals surface area contributed by atoms with Gasteiger partial charge in [0.1, 0.15) is 5.75 Å². The highest BCUT2D eigenvalue weighted by Crippen LogP contribution is 2.31. The molecular formula is C17H27ClN4O3. The first-order valence-electron chi connectivity index (χ1n) is 7.98. The van der Waals surface area contributed by atoms with Crippen molar-refractivity contribution in [1.82, 2.24) is 10.2 Å². The van der Waals surface area contributed by atoms with Crippen molar-refractivity contribution in [3.05, 3.63) is 23.8 Å². The lowest BCUT2D eigenvalue weighted by Gasteiger charge is -2.29. The van der Waals surface area contributed by atoms with Gasteiger partial charge in [0.05, 0.1) is 12.8 Å². The third-order valence-corrected chi connectivity index (χ3v) is 4.14. The summed E-state index contributed by atoms with van der Waals surface area (Å²) in [4.78, 5) is 27.9. The summed E-state index contributed by atoms with van der Waals surface area (Å²) < 4.78 is 5.34. The molecule has 1 aliphatic rings. The lowest BCUT2D eigenvalue weighted by atomic mass is 9.93. The number of urea groups is 1. The van der Waals surface area contributed by atoms with Gasteiger partial charge in [-0.3, -0.25) is 9.69 Å². The molecular weight excluding hydrogens is 344 g/mol. The van der Waals surface area contributed by atoms with E-state index in [0.717, 1.165) is 0 Å². The Morgan fingerprint density at radius 1 is 1.44 bits per heavy atom. The Balaban J connectivity index is 0.00000312. The summed E-state index contributed by atoms with van der Waals surface area (Å²) in [5.74, 6) is 0.452. The first-order chi connectivity index (χ1) is 11.3. The second kappa shape index (κ2) is 8.40. The summed E-state index contributed by atoms with van der Waals surface area (Å²) in [6.07, 6.45) is 0. The smallest absolute Gasteiger partial charge is 0.322 e. The van der Waals surface area contributed by atoms with Crippen molar-refractivity contribution in [3.63, 3.8) is 0 Å². The van der Waals surface area contributed by atoms with Gasteiger partial charge in [0, 0.05) is 32.2 Å². The van der Waals surface area contributed by atoms with Crippen LogP contribution in [-0.4, -0.2) is 57.2 Å². The second-order valence-corrected chi connectivity index (χ2v) is 6.80. The highest BCUT2D eigenvalue weighted by molar-refractivity contribution is 5.99. The molecule has 0 aromatic heterocycles. The van der Waals surface area contributed by atoms with Crippen LogP contribution in [0.3, 0.4) is 0 Å². The van der Waals surface area contributed by atoms with Gasteiger partial charge in [-0.1, -0.05) is 13.8 Å². The lowest BCUT2D eigenvalue weighted by Crippen LogP contribution is -2.39. The van der Waals surface area contributed by atoms with E-state index in [0.29, 0.717) is 43.2 Å². The largest absolute Gasteiger partial charge is 0.495 e. The molecule has 3 N–H and O–H groups in total. The number of hydrogen-bond donors (Lipinski definition) is 2. The maximum absolute atomic E-state index is 12.7. The van der Waals surface area contributed by atoms with Gasteiger partial charge in [0.25, 0.3) is 5.91 Å². The van der Waals surface area contributed by atoms with Crippen LogP contribution in [0.2, 0.25) is 0 Å². The van der Waals surface area contributed by atoms with Crippen LogP contribution in [0.5, 0.6) is 5.75 Å². The molecule has 1 heterocycles. The molecule has 0 saturated carbocycles. The van der Waals surface area contributed by atoms with Crippen LogP contribution in [0.1, 0.15) is 24.2 Å². The number of carbonyl (C=O) groups excluding carboxylic acids is 2. The first-order valence-corrected chi connectivity index (χ1v) is 7.98. The third kappa shape index (κ3) is 4.76. The first kappa shape index (κ1) is 21.1. The Morgan fingerprint density at radius 3 is 2.64 bits per heavy atom. The Bertz CT molecular complexity index is 636. The molecule has 1 aliphatic heterocycles. The van der Waals surface area contributed by atoms with Crippen LogP contribution in [-0.2, 0) is 0 Å². The molecule has 8 heteroatoms. The monoisotopic (exact) mass is 370 g/mol. The number of nitrogens with zero attached hydrogens (tertiary/aromatic N) is 2. The Kier molecular flexibility index (Phi) is 7.07. The molecule has 0 atom stereocenters. The minimum Gasteiger partial charge on any atom is -0.495 e. The molecule has 1 aromatic carbocycles. The van der Waals surface area contributed by atoms with Gasteiger partial charge in [-0.25, -0.2) is 4.79 Å². The molecule has 1 saturated heterocycles. The Labute approximate surface area is 154 Å². The number of benzene rings is 1. The predicted molar refractivity (Wildman–Crippen MR) is 101 cm³/mol. The van der Waals surface area contributed by atoms with Gasteiger partial charge < -0.3 is 20.7 Å². The topological polar surface area (TPSA) is 87.9 Å². The Morgan fingerprint density at radius 2 is 2.12 bits per heavy atom. The van der Waals surface area contributed by atoms with E-state index in [1.807, 2.05) is 13.8 Å². The molecule has 7 nitrogen and oxygen atoms in total. The number of halogens is 1. The molecule has 2 rings (SSSR count). The van der Waals surface area contributed by atoms with Crippen LogP contribution in [0.4, 0.5) is 10.5 Å². The van der Waals surface area contributed by atoms with Crippen LogP contribution in [0.15, 0.2) is 18.2 Å². The molecule has 0 unspecified atom stereocenters. The zero-order chi connectivity index (χ0) is 17.9. The summed E-state index contributed by atoms with van der Waals surface area (Å²) in [5.41, 5.74) is 6.71. The van der Waals surface area contributed by atoms with E-state index in [2.05, 4.69) is 5.32 Å². The quantitative estimate of drug-likeness (QED) is 0.797. The maximum Gasteiger partial charge on any atom is 0.322 e. The highest BCUT2D eigenvalue weighted by atomic mass is 35.5. The van der Waals surface area contributed by atoms with Gasteiger partial charge in [-0.15, -0.1) is 12.4 Å². The number of amides is 3. The van der Waals surface area contributed by atoms with E-state index in [4.69, 9.17) is 10.5 Å². The van der Waals surface area contributed by atoms with Crippen molar-refractivity contribution < 1.29 is 14.3 Å². The lowest BCUT2D eigenvalue weighted by molar-refractivity contribution is 0.0740. The molecule has 0 bridgehead atoms. The van der Waals surface area contributed by atoms with E-state index in [1.54, 1.807) is 42.2 Å². The number of anilines is 1. The molecule has 140 valence electrons. The molecule has 0 aliphatic carbocycles. The SMILES string of the molecule is COc1ccc(C(=O)N(C)CC(C)(C)CN)cc1N1CCNC1=O.Cl. The molecule has 1 aromatic rings. The van der Waals surface area contributed by atoms with Crippen LogP contribution >= 0.6 is 12.4 Å². The maximum atomic E-state index is 12.7. The van der Waals surface area contributed by atoms with E-state index in [-0.39, 0.29) is 29.8 Å². The zero-order valence-electron chi connectivity index (χ0n) is 15.2. The minimum absolute atomic E-state index is 0. The van der Waals surface area contributed by atoms with Gasteiger partial charge in [0.2, 0.25) is 0 Å². The van der Waals surface area contributed by atoms with E-state index in [1.165, 1.54) is 0 Å². The predicted octanol–water partition coefficient (Wildman–Crippen LogP) is 1.70. The van der Waals surface area contributed by atoms with Crippen molar-refractivity contribution in [2.75, 3.05) is 45.2 Å². The van der Waals surface area contributed by atoms with Crippen molar-refractivity contribution in [3.8, 4) is 5.75 Å². The van der Waals surface area contributed by atoms with Gasteiger partial charge >= 0.3 is 6.03 Å². The standard InChI is InChI=1S/C17H26N4O3.ClH/c1-17(2,10-18)11-20(3)15(22)12-5-6-14(24-4)13(9-12)21-8-7-19-16(21)23;/h5-6,9H,7-8,10-11,18H2,1-4H3,(H,19,23);1H. The number of methoxy groups -OCH3 is 1. The minimum atomic E-state index is -0.185. The summed E-state index contributed by atoms with van der Waals surface area (Å²) >= 11 is 0. The number of nitrogens with one attached hydrogen (secondary N) is 1. The number of hydrogen-bond acceptors (Lipinski definition) is 4. The van der Waals surface area contributed by atoms with Crippen molar-refractivity contribution in [2.45, 2.75) is 13.8 Å². The molecule has 25 heavy (non-hydrogen) atoms. The van der Waals surface area contributed by atoms with E-state index in [9.17, 15) is 9.59 Å². The fourth-order valence-electron chi connectivity index (χ4n) is 2.73. The van der Waals surface area contributed by atoms with E-state index >= 15 is 0 Å². The van der Waals surface area contributed by atoms with Crippen LogP contribution in [0.25, 0.3) is 0 Å². The summed E-state index contributed by atoms with van der Waals surface area (Å²) in [6.45, 7) is 6.20. The van der Waals surface area contributed by atoms with E-state index < -0.39 is 0 Å². The van der Waals surface area contributed by atoms with Crippen molar-refractivity contribution in [1.29, 1.82) is 0 Å². The van der Waals surface area contributed by atoms with Crippen molar-refractivity contribution >= 4 is 30.0 Å². The summed E-state index contributed by atoms with van der Waals surface area (Å²) in [5, 5.41) is 2.75. The molecule has 3 amide bonds. The fraction of sp³-hybridized carbons (Fsp3) is 0.529. The number of rotatable bonds is 6. The number of ether oxygens (including phenoxy) is 1. The van der Waals surface area contributed by atoms with Crippen molar-refractivity contribution in [2.24, 2.45) is 11.1 Å². The van der Waals surface area contributed by atoms with Crippen LogP contribution < -0.4 is 20.7 Å². The molecule has 0 spiro atoms. The average Bonchev–Trinajstić information content (AvgIpc) is 2.99. The molecule has 0 radical (unpaired) electrons. The number of carbonyl (C=O) groups is 2. The second-order valence-electron chi connectivity index (χ2n) is 6.80.